The number of nitriles is 1. The summed E-state index contributed by atoms with van der Waals surface area (Å²) in [4.78, 5) is 12.6. The van der Waals surface area contributed by atoms with Crippen molar-refractivity contribution in [3.63, 3.8) is 0 Å². The molecular weight excluding hydrogens is 306 g/mol. The number of aromatic nitrogens is 1. The van der Waals surface area contributed by atoms with Crippen LogP contribution >= 0.6 is 0 Å². The summed E-state index contributed by atoms with van der Waals surface area (Å²) in [7, 11) is 0. The van der Waals surface area contributed by atoms with Crippen LogP contribution in [0.1, 0.15) is 37.9 Å². The van der Waals surface area contributed by atoms with E-state index in [0.29, 0.717) is 16.9 Å². The van der Waals surface area contributed by atoms with E-state index in [9.17, 15) is 15.2 Å². The van der Waals surface area contributed by atoms with E-state index in [-0.39, 0.29) is 5.69 Å². The second-order valence-corrected chi connectivity index (χ2v) is 6.70. The number of hydrogen-bond donors (Lipinski definition) is 2. The molecule has 1 aromatic heterocycles. The maximum atomic E-state index is 12.6. The van der Waals surface area contributed by atoms with Gasteiger partial charge < -0.3 is 20.1 Å². The highest BCUT2D eigenvalue weighted by Gasteiger charge is 2.53. The van der Waals surface area contributed by atoms with Gasteiger partial charge in [0, 0.05) is 11.8 Å². The van der Waals surface area contributed by atoms with Gasteiger partial charge in [0.15, 0.2) is 0 Å². The van der Waals surface area contributed by atoms with Crippen LogP contribution in [0.5, 0.6) is 5.75 Å². The molecule has 0 saturated heterocycles. The Labute approximate surface area is 139 Å². The van der Waals surface area contributed by atoms with Crippen molar-refractivity contribution in [1.82, 2.24) is 4.57 Å². The van der Waals surface area contributed by atoms with Crippen molar-refractivity contribution in [2.75, 3.05) is 5.73 Å². The maximum Gasteiger partial charge on any atom is 0.274 e. The average Bonchev–Trinajstić information content (AvgIpc) is 2.51. The minimum absolute atomic E-state index is 0.0931. The summed E-state index contributed by atoms with van der Waals surface area (Å²) in [5.74, 6) is 0.532. The number of hydrogen-bond acceptors (Lipinski definition) is 5. The molecular formula is C18H19N3O3. The van der Waals surface area contributed by atoms with Gasteiger partial charge in [-0.3, -0.25) is 4.79 Å². The molecule has 124 valence electrons. The van der Waals surface area contributed by atoms with E-state index in [0.717, 1.165) is 0 Å². The first kappa shape index (κ1) is 16.1. The Hall–Kier alpha value is -2.78. The normalized spacial score (nSPS) is 24.5. The highest BCUT2D eigenvalue weighted by atomic mass is 16.5. The second kappa shape index (κ2) is 5.11. The van der Waals surface area contributed by atoms with Crippen molar-refractivity contribution in [3.8, 4) is 11.8 Å². The molecule has 24 heavy (non-hydrogen) atoms. The van der Waals surface area contributed by atoms with E-state index < -0.39 is 22.8 Å². The fraction of sp³-hybridized carbons (Fsp3) is 0.333. The predicted molar refractivity (Wildman–Crippen MR) is 89.7 cm³/mol. The lowest BCUT2D eigenvalue weighted by molar-refractivity contribution is -0.139. The van der Waals surface area contributed by atoms with E-state index in [2.05, 4.69) is 6.07 Å². The third kappa shape index (κ3) is 2.17. The highest BCUT2D eigenvalue weighted by molar-refractivity contribution is 5.48. The quantitative estimate of drug-likeness (QED) is 0.832. The SMILES string of the molecule is CC1(C)Oc2ccc(C#N)cc2C(n2cccc(N)c2=O)C1(C)O. The molecule has 2 aromatic rings. The van der Waals surface area contributed by atoms with Crippen molar-refractivity contribution in [1.29, 1.82) is 5.26 Å². The molecule has 2 heterocycles. The third-order valence-corrected chi connectivity index (χ3v) is 4.83. The smallest absolute Gasteiger partial charge is 0.274 e. The van der Waals surface area contributed by atoms with Crippen LogP contribution in [-0.4, -0.2) is 20.9 Å². The predicted octanol–water partition coefficient (Wildman–Crippen LogP) is 1.81. The molecule has 0 radical (unpaired) electrons. The van der Waals surface area contributed by atoms with Crippen LogP contribution in [0.2, 0.25) is 0 Å². The summed E-state index contributed by atoms with van der Waals surface area (Å²) < 4.78 is 7.35. The molecule has 6 heteroatoms. The Bertz CT molecular complexity index is 906. The number of nitrogen functional groups attached to an aromatic ring is 1. The van der Waals surface area contributed by atoms with E-state index in [1.165, 1.54) is 10.6 Å². The molecule has 2 unspecified atom stereocenters. The van der Waals surface area contributed by atoms with Crippen molar-refractivity contribution < 1.29 is 9.84 Å². The molecule has 1 aliphatic heterocycles. The summed E-state index contributed by atoms with van der Waals surface area (Å²) in [5, 5.41) is 20.4. The minimum Gasteiger partial charge on any atom is -0.484 e. The molecule has 3 rings (SSSR count). The molecule has 0 saturated carbocycles. The Kier molecular flexibility index (Phi) is 3.43. The van der Waals surface area contributed by atoms with Crippen molar-refractivity contribution in [2.45, 2.75) is 38.0 Å². The first-order chi connectivity index (χ1) is 11.2. The van der Waals surface area contributed by atoms with E-state index in [1.807, 2.05) is 0 Å². The van der Waals surface area contributed by atoms with Crippen molar-refractivity contribution >= 4 is 5.69 Å². The number of benzene rings is 1. The molecule has 1 aromatic carbocycles. The van der Waals surface area contributed by atoms with Gasteiger partial charge in [0.05, 0.1) is 23.4 Å². The standard InChI is InChI=1S/C18H19N3O3/c1-17(2)18(3,23)15(21-8-4-5-13(20)16(21)22)12-9-11(10-19)6-7-14(12)24-17/h4-9,15,23H,20H2,1-3H3. The summed E-state index contributed by atoms with van der Waals surface area (Å²) in [6.07, 6.45) is 1.59. The number of fused-ring (bicyclic) bond motifs is 1. The number of nitrogens with two attached hydrogens (primary N) is 1. The molecule has 0 aliphatic carbocycles. The Morgan fingerprint density at radius 2 is 2.04 bits per heavy atom. The fourth-order valence-electron chi connectivity index (χ4n) is 3.09. The Balaban J connectivity index is 2.35. The topological polar surface area (TPSA) is 101 Å². The van der Waals surface area contributed by atoms with Crippen LogP contribution < -0.4 is 16.0 Å². The summed E-state index contributed by atoms with van der Waals surface area (Å²) in [6, 6.07) is 9.49. The lowest BCUT2D eigenvalue weighted by Gasteiger charge is -2.49. The first-order valence-electron chi connectivity index (χ1n) is 7.61. The minimum atomic E-state index is -1.41. The molecule has 2 atom stereocenters. The van der Waals surface area contributed by atoms with Crippen molar-refractivity contribution in [2.24, 2.45) is 0 Å². The zero-order chi connectivity index (χ0) is 17.7. The van der Waals surface area contributed by atoms with Gasteiger partial charge in [0.2, 0.25) is 0 Å². The average molecular weight is 325 g/mol. The maximum absolute atomic E-state index is 12.6. The summed E-state index contributed by atoms with van der Waals surface area (Å²) in [5.41, 5.74) is 4.09. The van der Waals surface area contributed by atoms with Crippen LogP contribution in [0.15, 0.2) is 41.3 Å². The lowest BCUT2D eigenvalue weighted by atomic mass is 9.75. The van der Waals surface area contributed by atoms with Gasteiger partial charge in [-0.2, -0.15) is 5.26 Å². The number of ether oxygens (including phenoxy) is 1. The molecule has 0 fully saturated rings. The number of pyridine rings is 1. The zero-order valence-electron chi connectivity index (χ0n) is 13.8. The molecule has 0 bridgehead atoms. The van der Waals surface area contributed by atoms with Crippen LogP contribution in [0.4, 0.5) is 5.69 Å². The van der Waals surface area contributed by atoms with Gasteiger partial charge in [-0.25, -0.2) is 0 Å². The lowest BCUT2D eigenvalue weighted by Crippen LogP contribution is -2.60. The largest absolute Gasteiger partial charge is 0.484 e. The molecule has 0 spiro atoms. The number of rotatable bonds is 1. The van der Waals surface area contributed by atoms with Crippen molar-refractivity contribution in [3.05, 3.63) is 58.0 Å². The molecule has 6 nitrogen and oxygen atoms in total. The van der Waals surface area contributed by atoms with Gasteiger partial charge in [0.1, 0.15) is 17.0 Å². The van der Waals surface area contributed by atoms with Gasteiger partial charge in [-0.05, 0) is 51.1 Å². The van der Waals surface area contributed by atoms with Crippen LogP contribution in [0.25, 0.3) is 0 Å². The Morgan fingerprint density at radius 3 is 2.71 bits per heavy atom. The Morgan fingerprint density at radius 1 is 1.33 bits per heavy atom. The fourth-order valence-corrected chi connectivity index (χ4v) is 3.09. The third-order valence-electron chi connectivity index (χ3n) is 4.83. The van der Waals surface area contributed by atoms with Gasteiger partial charge in [0.25, 0.3) is 5.56 Å². The number of aliphatic hydroxyl groups is 1. The van der Waals surface area contributed by atoms with E-state index in [1.54, 1.807) is 51.2 Å². The van der Waals surface area contributed by atoms with Crippen LogP contribution in [0.3, 0.4) is 0 Å². The van der Waals surface area contributed by atoms with Gasteiger partial charge >= 0.3 is 0 Å². The van der Waals surface area contributed by atoms with Crippen LogP contribution in [0, 0.1) is 11.3 Å². The second-order valence-electron chi connectivity index (χ2n) is 6.70. The number of anilines is 1. The molecule has 1 aliphatic rings. The first-order valence-corrected chi connectivity index (χ1v) is 7.61. The summed E-state index contributed by atoms with van der Waals surface area (Å²) >= 11 is 0. The zero-order valence-corrected chi connectivity index (χ0v) is 13.8. The van der Waals surface area contributed by atoms with Gasteiger partial charge in [-0.15, -0.1) is 0 Å². The monoisotopic (exact) mass is 325 g/mol. The van der Waals surface area contributed by atoms with Crippen LogP contribution in [-0.2, 0) is 0 Å². The van der Waals surface area contributed by atoms with E-state index in [4.69, 9.17) is 10.5 Å². The van der Waals surface area contributed by atoms with Gasteiger partial charge in [-0.1, -0.05) is 0 Å². The molecule has 0 amide bonds. The highest BCUT2D eigenvalue weighted by Crippen LogP contribution is 2.47. The molecule has 3 N–H and O–H groups in total. The summed E-state index contributed by atoms with van der Waals surface area (Å²) in [6.45, 7) is 5.15. The van der Waals surface area contributed by atoms with E-state index >= 15 is 0 Å². The number of nitrogens with zero attached hydrogens (tertiary/aromatic N) is 2.